The van der Waals surface area contributed by atoms with Crippen LogP contribution in [0.3, 0.4) is 0 Å². The first-order chi connectivity index (χ1) is 10.5. The van der Waals surface area contributed by atoms with Gasteiger partial charge < -0.3 is 10.2 Å². The minimum Gasteiger partial charge on any atom is -0.359 e. The Balaban J connectivity index is 2.09. The lowest BCUT2D eigenvalue weighted by atomic mass is 10.0. The predicted molar refractivity (Wildman–Crippen MR) is 79.7 cm³/mol. The van der Waals surface area contributed by atoms with Crippen molar-refractivity contribution in [3.63, 3.8) is 0 Å². The van der Waals surface area contributed by atoms with E-state index in [-0.39, 0.29) is 18.0 Å². The molecule has 6 heteroatoms. The number of carbonyl (C=O) groups excluding carboxylic acids is 1. The van der Waals surface area contributed by atoms with Gasteiger partial charge in [-0.05, 0) is 43.7 Å². The minimum absolute atomic E-state index is 0.0737. The van der Waals surface area contributed by atoms with Gasteiger partial charge in [0.1, 0.15) is 17.5 Å². The topological polar surface area (TPSA) is 45.2 Å². The Bertz CT molecular complexity index is 748. The van der Waals surface area contributed by atoms with Crippen molar-refractivity contribution in [2.75, 3.05) is 16.8 Å². The van der Waals surface area contributed by atoms with Gasteiger partial charge in [0.2, 0.25) is 5.91 Å². The van der Waals surface area contributed by atoms with Crippen LogP contribution < -0.4 is 10.2 Å². The second kappa shape index (κ2) is 5.36. The molecule has 4 nitrogen and oxygen atoms in total. The standard InChI is InChI=1S/C16H15F2N3O/c1-9-5-14-16(19-7-9)20-8-15(22)21(14)10(2)12-6-11(17)3-4-13(12)18/h3-7,10H,8H2,1-2H3,(H,19,20). The van der Waals surface area contributed by atoms with Crippen LogP contribution >= 0.6 is 0 Å². The van der Waals surface area contributed by atoms with E-state index in [2.05, 4.69) is 10.3 Å². The monoisotopic (exact) mass is 303 g/mol. The number of aryl methyl sites for hydroxylation is 1. The molecule has 2 heterocycles. The molecule has 2 aromatic rings. The summed E-state index contributed by atoms with van der Waals surface area (Å²) in [5.41, 5.74) is 1.60. The summed E-state index contributed by atoms with van der Waals surface area (Å²) < 4.78 is 27.5. The average molecular weight is 303 g/mol. The van der Waals surface area contributed by atoms with Crippen molar-refractivity contribution < 1.29 is 13.6 Å². The van der Waals surface area contributed by atoms with Crippen LogP contribution in [0.2, 0.25) is 0 Å². The lowest BCUT2D eigenvalue weighted by Crippen LogP contribution is -2.42. The molecule has 0 aliphatic carbocycles. The molecule has 0 spiro atoms. The van der Waals surface area contributed by atoms with Crippen LogP contribution in [-0.4, -0.2) is 17.4 Å². The molecule has 1 aliphatic rings. The summed E-state index contributed by atoms with van der Waals surface area (Å²) in [6.45, 7) is 3.61. The van der Waals surface area contributed by atoms with Crippen molar-refractivity contribution in [3.05, 3.63) is 53.2 Å². The number of anilines is 2. The molecule has 1 amide bonds. The van der Waals surface area contributed by atoms with Crippen molar-refractivity contribution in [1.82, 2.24) is 4.98 Å². The van der Waals surface area contributed by atoms with Crippen molar-refractivity contribution in [1.29, 1.82) is 0 Å². The van der Waals surface area contributed by atoms with Crippen LogP contribution in [0, 0.1) is 18.6 Å². The van der Waals surface area contributed by atoms with E-state index in [1.807, 2.05) is 6.92 Å². The maximum absolute atomic E-state index is 14.0. The third-order valence-electron chi connectivity index (χ3n) is 3.74. The fourth-order valence-electron chi connectivity index (χ4n) is 2.65. The molecule has 22 heavy (non-hydrogen) atoms. The first-order valence-electron chi connectivity index (χ1n) is 6.95. The number of rotatable bonds is 2. The number of pyridine rings is 1. The molecule has 1 unspecified atom stereocenters. The molecule has 1 aliphatic heterocycles. The molecule has 3 rings (SSSR count). The zero-order valence-corrected chi connectivity index (χ0v) is 12.2. The molecule has 0 bridgehead atoms. The maximum Gasteiger partial charge on any atom is 0.247 e. The summed E-state index contributed by atoms with van der Waals surface area (Å²) in [5.74, 6) is -0.722. The van der Waals surface area contributed by atoms with Gasteiger partial charge in [0.05, 0.1) is 18.3 Å². The second-order valence-electron chi connectivity index (χ2n) is 5.34. The van der Waals surface area contributed by atoms with Crippen molar-refractivity contribution in [3.8, 4) is 0 Å². The highest BCUT2D eigenvalue weighted by Gasteiger charge is 2.31. The van der Waals surface area contributed by atoms with E-state index in [1.54, 1.807) is 19.2 Å². The van der Waals surface area contributed by atoms with Crippen LogP contribution in [-0.2, 0) is 4.79 Å². The van der Waals surface area contributed by atoms with Gasteiger partial charge in [0, 0.05) is 11.8 Å². The summed E-state index contributed by atoms with van der Waals surface area (Å²) in [4.78, 5) is 18.0. The van der Waals surface area contributed by atoms with Crippen molar-refractivity contribution in [2.24, 2.45) is 0 Å². The van der Waals surface area contributed by atoms with Crippen molar-refractivity contribution >= 4 is 17.4 Å². The number of carbonyl (C=O) groups is 1. The van der Waals surface area contributed by atoms with Gasteiger partial charge in [-0.3, -0.25) is 4.79 Å². The fourth-order valence-corrected chi connectivity index (χ4v) is 2.65. The average Bonchev–Trinajstić information content (AvgIpc) is 2.49. The fraction of sp³-hybridized carbons (Fsp3) is 0.250. The molecule has 1 N–H and O–H groups in total. The third-order valence-corrected chi connectivity index (χ3v) is 3.74. The van der Waals surface area contributed by atoms with Gasteiger partial charge in [-0.2, -0.15) is 0 Å². The van der Waals surface area contributed by atoms with Gasteiger partial charge in [-0.25, -0.2) is 13.8 Å². The highest BCUT2D eigenvalue weighted by atomic mass is 19.1. The first-order valence-corrected chi connectivity index (χ1v) is 6.95. The van der Waals surface area contributed by atoms with Crippen molar-refractivity contribution in [2.45, 2.75) is 19.9 Å². The molecule has 1 aromatic heterocycles. The lowest BCUT2D eigenvalue weighted by Gasteiger charge is -2.34. The molecule has 114 valence electrons. The summed E-state index contributed by atoms with van der Waals surface area (Å²) in [5, 5.41) is 2.93. The smallest absolute Gasteiger partial charge is 0.247 e. The van der Waals surface area contributed by atoms with Crippen LogP contribution in [0.1, 0.15) is 24.1 Å². The summed E-state index contributed by atoms with van der Waals surface area (Å²) >= 11 is 0. The predicted octanol–water partition coefficient (Wildman–Crippen LogP) is 3.19. The number of aromatic nitrogens is 1. The summed E-state index contributed by atoms with van der Waals surface area (Å²) in [7, 11) is 0. The van der Waals surface area contributed by atoms with E-state index in [0.717, 1.165) is 23.8 Å². The number of nitrogens with zero attached hydrogens (tertiary/aromatic N) is 2. The number of nitrogens with one attached hydrogen (secondary N) is 1. The SMILES string of the molecule is Cc1cnc2c(c1)N(C(C)c1cc(F)ccc1F)C(=O)CN2. The van der Waals surface area contributed by atoms with Crippen LogP contribution in [0.25, 0.3) is 0 Å². The van der Waals surface area contributed by atoms with Gasteiger partial charge in [0.15, 0.2) is 0 Å². The second-order valence-corrected chi connectivity index (χ2v) is 5.34. The van der Waals surface area contributed by atoms with Crippen LogP contribution in [0.4, 0.5) is 20.3 Å². The molecular formula is C16H15F2N3O. The normalized spacial score (nSPS) is 15.3. The maximum atomic E-state index is 14.0. The Morgan fingerprint density at radius 2 is 2.09 bits per heavy atom. The Kier molecular flexibility index (Phi) is 3.52. The van der Waals surface area contributed by atoms with E-state index in [4.69, 9.17) is 0 Å². The Morgan fingerprint density at radius 3 is 2.86 bits per heavy atom. The first kappa shape index (κ1) is 14.4. The van der Waals surface area contributed by atoms with Crippen LogP contribution in [0.5, 0.6) is 0 Å². The summed E-state index contributed by atoms with van der Waals surface area (Å²) in [6, 6.07) is 4.43. The molecule has 0 radical (unpaired) electrons. The zero-order valence-electron chi connectivity index (χ0n) is 12.2. The highest BCUT2D eigenvalue weighted by molar-refractivity contribution is 6.02. The molecule has 1 atom stereocenters. The number of benzene rings is 1. The molecular weight excluding hydrogens is 288 g/mol. The van der Waals surface area contributed by atoms with E-state index < -0.39 is 17.7 Å². The molecule has 0 fully saturated rings. The van der Waals surface area contributed by atoms with Gasteiger partial charge in [0.25, 0.3) is 0 Å². The molecule has 1 aromatic carbocycles. The quantitative estimate of drug-likeness (QED) is 0.926. The van der Waals surface area contributed by atoms with E-state index in [9.17, 15) is 13.6 Å². The van der Waals surface area contributed by atoms with Gasteiger partial charge >= 0.3 is 0 Å². The number of hydrogen-bond acceptors (Lipinski definition) is 3. The van der Waals surface area contributed by atoms with Gasteiger partial charge in [-0.1, -0.05) is 0 Å². The number of amides is 1. The van der Waals surface area contributed by atoms with E-state index in [0.29, 0.717) is 11.5 Å². The Hall–Kier alpha value is -2.50. The number of halogens is 2. The zero-order chi connectivity index (χ0) is 15.9. The van der Waals surface area contributed by atoms with E-state index in [1.165, 1.54) is 4.90 Å². The number of hydrogen-bond donors (Lipinski definition) is 1. The van der Waals surface area contributed by atoms with Crippen LogP contribution in [0.15, 0.2) is 30.5 Å². The lowest BCUT2D eigenvalue weighted by molar-refractivity contribution is -0.117. The van der Waals surface area contributed by atoms with Gasteiger partial charge in [-0.15, -0.1) is 0 Å². The van der Waals surface area contributed by atoms with E-state index >= 15 is 0 Å². The molecule has 0 saturated heterocycles. The Labute approximate surface area is 126 Å². The molecule has 0 saturated carbocycles. The third kappa shape index (κ3) is 2.41. The largest absolute Gasteiger partial charge is 0.359 e. The summed E-state index contributed by atoms with van der Waals surface area (Å²) in [6.07, 6.45) is 1.69. The number of fused-ring (bicyclic) bond motifs is 1. The highest BCUT2D eigenvalue weighted by Crippen LogP contribution is 2.35. The Morgan fingerprint density at radius 1 is 1.32 bits per heavy atom. The minimum atomic E-state index is -0.632.